The van der Waals surface area contributed by atoms with E-state index >= 15 is 0 Å². The van der Waals surface area contributed by atoms with E-state index < -0.39 is 17.2 Å². The minimum absolute atomic E-state index is 0.158. The fourth-order valence-electron chi connectivity index (χ4n) is 1.91. The van der Waals surface area contributed by atoms with Crippen LogP contribution in [0.3, 0.4) is 0 Å². The highest BCUT2D eigenvalue weighted by molar-refractivity contribution is 5.31. The monoisotopic (exact) mass is 198 g/mol. The Hall–Kier alpha value is -0.960. The third kappa shape index (κ3) is 1.32. The number of halogens is 2. The van der Waals surface area contributed by atoms with Crippen molar-refractivity contribution in [3.63, 3.8) is 0 Å². The second-order valence-electron chi connectivity index (χ2n) is 3.99. The van der Waals surface area contributed by atoms with Crippen LogP contribution < -0.4 is 0 Å². The molecule has 76 valence electrons. The molecule has 0 radical (unpaired) electrons. The largest absolute Gasteiger partial charge is 0.385 e. The van der Waals surface area contributed by atoms with Gasteiger partial charge in [-0.1, -0.05) is 0 Å². The lowest BCUT2D eigenvalue weighted by atomic mass is 9.74. The summed E-state index contributed by atoms with van der Waals surface area (Å²) in [5.74, 6) is -1.27. The third-order valence-electron chi connectivity index (χ3n) is 2.83. The Bertz CT molecular complexity index is 347. The average molecular weight is 198 g/mol. The molecule has 1 fully saturated rings. The SMILES string of the molecule is Cc1cc(F)c(C2(O)CCC2)c(F)c1. The van der Waals surface area contributed by atoms with Crippen LogP contribution in [-0.4, -0.2) is 5.11 Å². The minimum atomic E-state index is -1.26. The molecule has 3 heteroatoms. The first kappa shape index (κ1) is 9.59. The summed E-state index contributed by atoms with van der Waals surface area (Å²) in [6, 6.07) is 2.52. The van der Waals surface area contributed by atoms with Crippen molar-refractivity contribution in [2.75, 3.05) is 0 Å². The molecule has 1 aliphatic carbocycles. The van der Waals surface area contributed by atoms with Gasteiger partial charge in [-0.25, -0.2) is 8.78 Å². The lowest BCUT2D eigenvalue weighted by Gasteiger charge is -2.37. The Morgan fingerprint density at radius 2 is 1.71 bits per heavy atom. The highest BCUT2D eigenvalue weighted by Crippen LogP contribution is 2.43. The minimum Gasteiger partial charge on any atom is -0.385 e. The fraction of sp³-hybridized carbons (Fsp3) is 0.455. The molecule has 1 saturated carbocycles. The molecule has 1 aliphatic rings. The van der Waals surface area contributed by atoms with Gasteiger partial charge in [0.25, 0.3) is 0 Å². The summed E-state index contributed by atoms with van der Waals surface area (Å²) in [5, 5.41) is 9.85. The molecule has 0 bridgehead atoms. The van der Waals surface area contributed by atoms with E-state index in [1.54, 1.807) is 6.92 Å². The maximum atomic E-state index is 13.4. The van der Waals surface area contributed by atoms with Crippen LogP contribution in [0.1, 0.15) is 30.4 Å². The molecule has 2 rings (SSSR count). The zero-order chi connectivity index (χ0) is 10.3. The molecule has 0 amide bonds. The van der Waals surface area contributed by atoms with E-state index in [0.717, 1.165) is 6.42 Å². The lowest BCUT2D eigenvalue weighted by Crippen LogP contribution is -2.35. The van der Waals surface area contributed by atoms with Crippen LogP contribution in [-0.2, 0) is 5.60 Å². The Kier molecular flexibility index (Phi) is 2.07. The molecular formula is C11H12F2O. The first-order chi connectivity index (χ1) is 6.53. The van der Waals surface area contributed by atoms with Gasteiger partial charge in [0.05, 0.1) is 11.2 Å². The van der Waals surface area contributed by atoms with Crippen LogP contribution >= 0.6 is 0 Å². The summed E-state index contributed by atoms with van der Waals surface area (Å²) < 4.78 is 26.9. The quantitative estimate of drug-likeness (QED) is 0.735. The van der Waals surface area contributed by atoms with Crippen LogP contribution in [0.5, 0.6) is 0 Å². The molecule has 1 N–H and O–H groups in total. The van der Waals surface area contributed by atoms with Crippen molar-refractivity contribution in [1.29, 1.82) is 0 Å². The second kappa shape index (κ2) is 3.02. The Morgan fingerprint density at radius 1 is 1.21 bits per heavy atom. The molecule has 0 saturated heterocycles. The van der Waals surface area contributed by atoms with E-state index in [1.807, 2.05) is 0 Å². The van der Waals surface area contributed by atoms with Crippen LogP contribution in [0.2, 0.25) is 0 Å². The summed E-state index contributed by atoms with van der Waals surface area (Å²) >= 11 is 0. The molecule has 0 spiro atoms. The van der Waals surface area contributed by atoms with E-state index in [4.69, 9.17) is 0 Å². The molecule has 1 aromatic carbocycles. The van der Waals surface area contributed by atoms with Gasteiger partial charge in [0, 0.05) is 0 Å². The van der Waals surface area contributed by atoms with E-state index in [-0.39, 0.29) is 5.56 Å². The van der Waals surface area contributed by atoms with Crippen molar-refractivity contribution < 1.29 is 13.9 Å². The number of aryl methyl sites for hydroxylation is 1. The number of benzene rings is 1. The van der Waals surface area contributed by atoms with Gasteiger partial charge in [-0.3, -0.25) is 0 Å². The van der Waals surface area contributed by atoms with Crippen molar-refractivity contribution in [2.45, 2.75) is 31.8 Å². The first-order valence-corrected chi connectivity index (χ1v) is 4.71. The maximum Gasteiger partial charge on any atom is 0.132 e. The zero-order valence-corrected chi connectivity index (χ0v) is 7.98. The Labute approximate surface area is 81.4 Å². The Balaban J connectivity index is 2.52. The maximum absolute atomic E-state index is 13.4. The van der Waals surface area contributed by atoms with Crippen LogP contribution in [0.4, 0.5) is 8.78 Å². The molecule has 0 atom stereocenters. The van der Waals surface area contributed by atoms with E-state index in [1.165, 1.54) is 12.1 Å². The predicted octanol–water partition coefficient (Wildman–Crippen LogP) is 2.64. The summed E-state index contributed by atoms with van der Waals surface area (Å²) in [6.07, 6.45) is 1.72. The van der Waals surface area contributed by atoms with Gasteiger partial charge in [-0.2, -0.15) is 0 Å². The number of hydrogen-bond donors (Lipinski definition) is 1. The summed E-state index contributed by atoms with van der Waals surface area (Å²) in [5.41, 5.74) is -0.886. The second-order valence-corrected chi connectivity index (χ2v) is 3.99. The predicted molar refractivity (Wildman–Crippen MR) is 48.8 cm³/mol. The fourth-order valence-corrected chi connectivity index (χ4v) is 1.91. The molecule has 0 heterocycles. The highest BCUT2D eigenvalue weighted by atomic mass is 19.1. The number of aliphatic hydroxyl groups is 1. The molecule has 0 aliphatic heterocycles. The zero-order valence-electron chi connectivity index (χ0n) is 7.98. The van der Waals surface area contributed by atoms with Gasteiger partial charge >= 0.3 is 0 Å². The highest BCUT2D eigenvalue weighted by Gasteiger charge is 2.40. The number of hydrogen-bond acceptors (Lipinski definition) is 1. The average Bonchev–Trinajstić information content (AvgIpc) is 1.99. The van der Waals surface area contributed by atoms with Crippen molar-refractivity contribution in [3.05, 3.63) is 34.9 Å². The summed E-state index contributed by atoms with van der Waals surface area (Å²) in [6.45, 7) is 1.63. The molecular weight excluding hydrogens is 186 g/mol. The van der Waals surface area contributed by atoms with Crippen LogP contribution in [0, 0.1) is 18.6 Å². The smallest absolute Gasteiger partial charge is 0.132 e. The van der Waals surface area contributed by atoms with Crippen LogP contribution in [0.15, 0.2) is 12.1 Å². The third-order valence-corrected chi connectivity index (χ3v) is 2.83. The summed E-state index contributed by atoms with van der Waals surface area (Å²) in [7, 11) is 0. The molecule has 1 nitrogen and oxygen atoms in total. The normalized spacial score (nSPS) is 19.1. The number of rotatable bonds is 1. The first-order valence-electron chi connectivity index (χ1n) is 4.71. The topological polar surface area (TPSA) is 20.2 Å². The van der Waals surface area contributed by atoms with Crippen molar-refractivity contribution in [1.82, 2.24) is 0 Å². The summed E-state index contributed by atoms with van der Waals surface area (Å²) in [4.78, 5) is 0. The van der Waals surface area contributed by atoms with Crippen molar-refractivity contribution >= 4 is 0 Å². The Morgan fingerprint density at radius 3 is 2.07 bits per heavy atom. The lowest BCUT2D eigenvalue weighted by molar-refractivity contribution is -0.0446. The van der Waals surface area contributed by atoms with Gasteiger partial charge < -0.3 is 5.11 Å². The van der Waals surface area contributed by atoms with Gasteiger partial charge in [0.1, 0.15) is 11.6 Å². The van der Waals surface area contributed by atoms with Gasteiger partial charge in [0.15, 0.2) is 0 Å². The van der Waals surface area contributed by atoms with Gasteiger partial charge in [-0.15, -0.1) is 0 Å². The van der Waals surface area contributed by atoms with Crippen LogP contribution in [0.25, 0.3) is 0 Å². The van der Waals surface area contributed by atoms with E-state index in [2.05, 4.69) is 0 Å². The molecule has 1 aromatic rings. The van der Waals surface area contributed by atoms with Crippen molar-refractivity contribution in [3.8, 4) is 0 Å². The molecule has 0 unspecified atom stereocenters. The standard InChI is InChI=1S/C11H12F2O/c1-7-5-8(12)10(9(13)6-7)11(14)3-2-4-11/h5-6,14H,2-4H2,1H3. The van der Waals surface area contributed by atoms with E-state index in [0.29, 0.717) is 18.4 Å². The van der Waals surface area contributed by atoms with Gasteiger partial charge in [0.2, 0.25) is 0 Å². The van der Waals surface area contributed by atoms with E-state index in [9.17, 15) is 13.9 Å². The van der Waals surface area contributed by atoms with Crippen molar-refractivity contribution in [2.24, 2.45) is 0 Å². The molecule has 14 heavy (non-hydrogen) atoms. The van der Waals surface area contributed by atoms with Gasteiger partial charge in [-0.05, 0) is 43.9 Å². The molecule has 0 aromatic heterocycles.